The molecule has 8 rings (SSSR count). The molecule has 14 heteroatoms. The van der Waals surface area contributed by atoms with Gasteiger partial charge in [-0.3, -0.25) is 9.59 Å². The van der Waals surface area contributed by atoms with Crippen LogP contribution in [0, 0.1) is 0 Å². The minimum absolute atomic E-state index is 0.240. The number of benzene rings is 2. The first kappa shape index (κ1) is 46.8. The quantitative estimate of drug-likeness (QED) is 0.0870. The molecule has 6 aromatic heterocycles. The number of carbonyl (C=O) groups excluding carboxylic acids is 2. The number of nitrogens with two attached hydrogens (primary N) is 1. The van der Waals surface area contributed by atoms with E-state index in [-0.39, 0.29) is 5.91 Å². The standard InChI is InChI=1S/C22H30BrN3Si.C20H15ClN4O.C7H6ClNO/c1-15(2)27(16(3)4,17(5)6)26-14-19(20-8-7-11-24-22(20)26)12-18-9-10-21(23)25-13-18;21-16-4-1-3-14(10-16)20(26)25-18-7-6-13(11-23-18)9-15-12-24-19-17(15)5-2-8-22-19;8-6-3-1-2-5(4-6)7(9)10/h7-11,13-17H,12H2,1-6H3;1-8,10-12H,9H2,(H,22,24)(H,23,25,26);1-4H,(H2,9,10). The molecule has 0 radical (unpaired) electrons. The Hall–Kier alpha value is -5.66. The number of aromatic nitrogens is 6. The topological polar surface area (TPSA) is 144 Å². The summed E-state index contributed by atoms with van der Waals surface area (Å²) in [5, 5.41) is 6.20. The lowest BCUT2D eigenvalue weighted by Crippen LogP contribution is -2.51. The number of amides is 2. The van der Waals surface area contributed by atoms with Crippen LogP contribution in [0.1, 0.15) is 84.5 Å². The fourth-order valence-corrected chi connectivity index (χ4v) is 15.8. The second kappa shape index (κ2) is 21.1. The number of fused-ring (bicyclic) bond motifs is 2. The third-order valence-corrected chi connectivity index (χ3v) is 18.9. The van der Waals surface area contributed by atoms with Crippen LogP contribution in [0.15, 0.2) is 139 Å². The summed E-state index contributed by atoms with van der Waals surface area (Å²) in [6, 6.07) is 29.5. The van der Waals surface area contributed by atoms with Crippen LogP contribution in [0.2, 0.25) is 26.7 Å². The zero-order chi connectivity index (χ0) is 45.3. The summed E-state index contributed by atoms with van der Waals surface area (Å²) < 4.78 is 3.49. The average Bonchev–Trinajstić information content (AvgIpc) is 3.84. The van der Waals surface area contributed by atoms with Crippen molar-refractivity contribution in [2.45, 2.75) is 71.0 Å². The second-order valence-electron chi connectivity index (χ2n) is 16.2. The van der Waals surface area contributed by atoms with Gasteiger partial charge in [-0.05, 0) is 128 Å². The maximum absolute atomic E-state index is 12.2. The molecule has 2 aromatic carbocycles. The minimum atomic E-state index is -1.84. The summed E-state index contributed by atoms with van der Waals surface area (Å²) in [5.41, 5.74) is 14.6. The first-order valence-electron chi connectivity index (χ1n) is 20.7. The predicted molar refractivity (Wildman–Crippen MR) is 263 cm³/mol. The van der Waals surface area contributed by atoms with Gasteiger partial charge >= 0.3 is 0 Å². The molecule has 0 bridgehead atoms. The second-order valence-corrected chi connectivity index (χ2v) is 23.6. The molecular weight excluding hydrogens is 911 g/mol. The number of rotatable bonds is 11. The van der Waals surface area contributed by atoms with E-state index < -0.39 is 14.1 Å². The van der Waals surface area contributed by atoms with Crippen molar-refractivity contribution in [3.05, 3.63) is 182 Å². The van der Waals surface area contributed by atoms with Crippen molar-refractivity contribution in [2.24, 2.45) is 5.73 Å². The van der Waals surface area contributed by atoms with Gasteiger partial charge in [0.05, 0.1) is 0 Å². The Bertz CT molecular complexity index is 2790. The Balaban J connectivity index is 0.000000173. The van der Waals surface area contributed by atoms with Crippen LogP contribution in [0.25, 0.3) is 22.1 Å². The van der Waals surface area contributed by atoms with Crippen molar-refractivity contribution in [2.75, 3.05) is 5.32 Å². The number of primary amides is 1. The molecular formula is C49H51BrCl2N8O2Si. The minimum Gasteiger partial charge on any atom is -0.366 e. The summed E-state index contributed by atoms with van der Waals surface area (Å²) in [5.74, 6) is -0.197. The molecule has 4 N–H and O–H groups in total. The van der Waals surface area contributed by atoms with Crippen LogP contribution >= 0.6 is 39.1 Å². The van der Waals surface area contributed by atoms with Crippen LogP contribution in [0.3, 0.4) is 0 Å². The van der Waals surface area contributed by atoms with Crippen molar-refractivity contribution in [1.29, 1.82) is 0 Å². The van der Waals surface area contributed by atoms with Crippen molar-refractivity contribution in [1.82, 2.24) is 29.2 Å². The van der Waals surface area contributed by atoms with E-state index in [1.54, 1.807) is 60.9 Å². The summed E-state index contributed by atoms with van der Waals surface area (Å²) in [6.07, 6.45) is 13.4. The number of aromatic amines is 1. The number of nitrogens with one attached hydrogen (secondary N) is 2. The molecule has 0 aliphatic rings. The van der Waals surface area contributed by atoms with Crippen LogP contribution < -0.4 is 11.1 Å². The lowest BCUT2D eigenvalue weighted by Gasteiger charge is -2.44. The molecule has 10 nitrogen and oxygen atoms in total. The molecule has 2 amide bonds. The molecule has 0 spiro atoms. The molecule has 0 aliphatic carbocycles. The number of hydrogen-bond donors (Lipinski definition) is 3. The number of carbonyl (C=O) groups is 2. The van der Waals surface area contributed by atoms with Gasteiger partial charge < -0.3 is 20.3 Å². The molecule has 0 saturated heterocycles. The van der Waals surface area contributed by atoms with Gasteiger partial charge in [0.15, 0.2) is 8.24 Å². The number of nitrogens with zero attached hydrogens (tertiary/aromatic N) is 5. The Labute approximate surface area is 387 Å². The van der Waals surface area contributed by atoms with Crippen molar-refractivity contribution < 1.29 is 9.59 Å². The van der Waals surface area contributed by atoms with Gasteiger partial charge in [-0.1, -0.05) is 89.0 Å². The lowest BCUT2D eigenvalue weighted by molar-refractivity contribution is 0.0997. The molecule has 0 unspecified atom stereocenters. The smallest absolute Gasteiger partial charge is 0.256 e. The zero-order valence-corrected chi connectivity index (χ0v) is 40.2. The van der Waals surface area contributed by atoms with E-state index in [0.29, 0.717) is 43.6 Å². The van der Waals surface area contributed by atoms with Gasteiger partial charge in [0.2, 0.25) is 5.91 Å². The first-order chi connectivity index (χ1) is 30.2. The van der Waals surface area contributed by atoms with Crippen molar-refractivity contribution in [3.63, 3.8) is 0 Å². The number of H-pyrrole nitrogens is 1. The van der Waals surface area contributed by atoms with Crippen molar-refractivity contribution >= 4 is 87.1 Å². The van der Waals surface area contributed by atoms with Crippen molar-refractivity contribution in [3.8, 4) is 0 Å². The van der Waals surface area contributed by atoms with Crippen LogP contribution in [-0.4, -0.2) is 49.2 Å². The molecule has 0 saturated carbocycles. The SMILES string of the molecule is CC(C)[Si](C(C)C)(C(C)C)n1cc(Cc2ccc(Br)nc2)c2cccnc21.NC(=O)c1cccc(Cl)c1.O=C(Nc1ccc(Cc2c[nH]c3ncccc23)cn1)c1cccc(Cl)c1. The highest BCUT2D eigenvalue weighted by Crippen LogP contribution is 2.44. The van der Waals surface area contributed by atoms with Gasteiger partial charge in [0, 0.05) is 82.0 Å². The monoisotopic (exact) mass is 960 g/mol. The Kier molecular flexibility index (Phi) is 15.7. The Morgan fingerprint density at radius 2 is 1.30 bits per heavy atom. The molecule has 6 heterocycles. The van der Waals surface area contributed by atoms with E-state index in [1.807, 2.05) is 42.9 Å². The summed E-state index contributed by atoms with van der Waals surface area (Å²) in [7, 11) is -1.84. The highest BCUT2D eigenvalue weighted by atomic mass is 79.9. The largest absolute Gasteiger partial charge is 0.366 e. The van der Waals surface area contributed by atoms with Gasteiger partial charge in [-0.15, -0.1) is 0 Å². The third-order valence-electron chi connectivity index (χ3n) is 11.2. The number of pyridine rings is 4. The number of hydrogen-bond acceptors (Lipinski definition) is 6. The highest BCUT2D eigenvalue weighted by Gasteiger charge is 2.46. The fourth-order valence-electron chi connectivity index (χ4n) is 8.57. The van der Waals surface area contributed by atoms with Crippen LogP contribution in [0.4, 0.5) is 5.82 Å². The molecule has 324 valence electrons. The summed E-state index contributed by atoms with van der Waals surface area (Å²) in [6.45, 7) is 14.4. The van der Waals surface area contributed by atoms with Crippen LogP contribution in [0.5, 0.6) is 0 Å². The molecule has 0 fully saturated rings. The van der Waals surface area contributed by atoms with Gasteiger partial charge in [0.25, 0.3) is 5.91 Å². The summed E-state index contributed by atoms with van der Waals surface area (Å²) >= 11 is 14.9. The van der Waals surface area contributed by atoms with Gasteiger partial charge in [-0.25, -0.2) is 19.9 Å². The van der Waals surface area contributed by atoms with Crippen LogP contribution in [-0.2, 0) is 12.8 Å². The molecule has 63 heavy (non-hydrogen) atoms. The molecule has 8 aromatic rings. The Morgan fingerprint density at radius 3 is 1.87 bits per heavy atom. The van der Waals surface area contributed by atoms with E-state index >= 15 is 0 Å². The maximum Gasteiger partial charge on any atom is 0.256 e. The number of anilines is 1. The third kappa shape index (κ3) is 11.3. The van der Waals surface area contributed by atoms with E-state index in [9.17, 15) is 9.59 Å². The Morgan fingerprint density at radius 1 is 0.714 bits per heavy atom. The van der Waals surface area contributed by atoms with E-state index in [0.717, 1.165) is 45.3 Å². The maximum atomic E-state index is 12.2. The fraction of sp³-hybridized carbons (Fsp3) is 0.224. The van der Waals surface area contributed by atoms with Gasteiger partial charge in [0.1, 0.15) is 21.7 Å². The normalized spacial score (nSPS) is 11.4. The lowest BCUT2D eigenvalue weighted by atomic mass is 10.1. The molecule has 0 aliphatic heterocycles. The highest BCUT2D eigenvalue weighted by molar-refractivity contribution is 9.10. The predicted octanol–water partition coefficient (Wildman–Crippen LogP) is 12.7. The first-order valence-corrected chi connectivity index (χ1v) is 24.4. The number of halogens is 3. The zero-order valence-electron chi connectivity index (χ0n) is 36.1. The summed E-state index contributed by atoms with van der Waals surface area (Å²) in [4.78, 5) is 43.8. The van der Waals surface area contributed by atoms with E-state index in [2.05, 4.69) is 111 Å². The van der Waals surface area contributed by atoms with E-state index in [1.165, 1.54) is 22.6 Å². The molecule has 0 atom stereocenters. The van der Waals surface area contributed by atoms with E-state index in [4.69, 9.17) is 33.9 Å². The average molecular weight is 963 g/mol. The van der Waals surface area contributed by atoms with Gasteiger partial charge in [-0.2, -0.15) is 0 Å².